The zero-order valence-electron chi connectivity index (χ0n) is 18.1. The number of halogens is 2. The second-order valence-corrected chi connectivity index (χ2v) is 8.67. The Morgan fingerprint density at radius 2 is 1.73 bits per heavy atom. The molecule has 0 spiro atoms. The SMILES string of the molecule is CCCc1[nH]n(-c2ccc(Cl)c(Cl)c2)c(=O)c1/C=C1\NC(=O)N(Cc2ccc(C)cc2)C1=O. The normalized spacial score (nSPS) is 14.9. The minimum absolute atomic E-state index is 0.0573. The molecule has 1 aliphatic rings. The number of amides is 3. The van der Waals surface area contributed by atoms with Gasteiger partial charge in [-0.15, -0.1) is 0 Å². The summed E-state index contributed by atoms with van der Waals surface area (Å²) in [6, 6.07) is 11.9. The van der Waals surface area contributed by atoms with Gasteiger partial charge in [0.15, 0.2) is 0 Å². The van der Waals surface area contributed by atoms with Gasteiger partial charge >= 0.3 is 6.03 Å². The van der Waals surface area contributed by atoms with Crippen LogP contribution in [0.25, 0.3) is 11.8 Å². The number of urea groups is 1. The van der Waals surface area contributed by atoms with Crippen LogP contribution >= 0.6 is 23.2 Å². The zero-order chi connectivity index (χ0) is 23.7. The van der Waals surface area contributed by atoms with Gasteiger partial charge in [0.25, 0.3) is 11.5 Å². The standard InChI is InChI=1S/C24H22Cl2N4O3/c1-3-4-20-17(22(31)30(28-20)16-9-10-18(25)19(26)11-16)12-21-23(32)29(24(33)27-21)13-15-7-5-14(2)6-8-15/h5-12,28H,3-4,13H2,1-2H3,(H,27,33)/b21-12-. The van der Waals surface area contributed by atoms with Crippen LogP contribution in [-0.4, -0.2) is 26.6 Å². The van der Waals surface area contributed by atoms with Crippen molar-refractivity contribution in [2.75, 3.05) is 0 Å². The van der Waals surface area contributed by atoms with Crippen LogP contribution in [0.2, 0.25) is 10.0 Å². The molecule has 0 atom stereocenters. The van der Waals surface area contributed by atoms with E-state index in [9.17, 15) is 14.4 Å². The molecule has 0 unspecified atom stereocenters. The summed E-state index contributed by atoms with van der Waals surface area (Å²) in [5.74, 6) is -0.482. The molecule has 9 heteroatoms. The van der Waals surface area contributed by atoms with E-state index in [1.807, 2.05) is 38.1 Å². The van der Waals surface area contributed by atoms with E-state index < -0.39 is 11.9 Å². The Labute approximate surface area is 200 Å². The molecule has 1 aromatic heterocycles. The smallest absolute Gasteiger partial charge is 0.303 e. The van der Waals surface area contributed by atoms with E-state index in [4.69, 9.17) is 23.2 Å². The van der Waals surface area contributed by atoms with Crippen molar-refractivity contribution in [1.29, 1.82) is 0 Å². The second kappa shape index (κ2) is 9.29. The third kappa shape index (κ3) is 4.60. The van der Waals surface area contributed by atoms with E-state index in [0.29, 0.717) is 33.4 Å². The minimum atomic E-state index is -0.524. The molecule has 170 valence electrons. The topological polar surface area (TPSA) is 87.2 Å². The van der Waals surface area contributed by atoms with Crippen LogP contribution in [0.1, 0.15) is 35.7 Å². The van der Waals surface area contributed by atoms with E-state index in [2.05, 4.69) is 10.4 Å². The van der Waals surface area contributed by atoms with Crippen molar-refractivity contribution in [2.45, 2.75) is 33.2 Å². The zero-order valence-corrected chi connectivity index (χ0v) is 19.6. The van der Waals surface area contributed by atoms with Crippen molar-refractivity contribution in [3.63, 3.8) is 0 Å². The van der Waals surface area contributed by atoms with Crippen molar-refractivity contribution in [1.82, 2.24) is 20.0 Å². The lowest BCUT2D eigenvalue weighted by Crippen LogP contribution is -2.30. The molecule has 0 radical (unpaired) electrons. The molecule has 33 heavy (non-hydrogen) atoms. The fraction of sp³-hybridized carbons (Fsp3) is 0.208. The largest absolute Gasteiger partial charge is 0.329 e. The van der Waals surface area contributed by atoms with Gasteiger partial charge in [0.1, 0.15) is 5.70 Å². The lowest BCUT2D eigenvalue weighted by atomic mass is 10.1. The summed E-state index contributed by atoms with van der Waals surface area (Å²) in [4.78, 5) is 39.8. The molecule has 2 N–H and O–H groups in total. The van der Waals surface area contributed by atoms with Crippen molar-refractivity contribution in [3.05, 3.63) is 90.9 Å². The first-order chi connectivity index (χ1) is 15.8. The van der Waals surface area contributed by atoms with E-state index in [1.54, 1.807) is 18.2 Å². The highest BCUT2D eigenvalue weighted by Crippen LogP contribution is 2.24. The van der Waals surface area contributed by atoms with Gasteiger partial charge in [0, 0.05) is 5.69 Å². The van der Waals surface area contributed by atoms with Crippen LogP contribution in [0, 0.1) is 6.92 Å². The highest BCUT2D eigenvalue weighted by molar-refractivity contribution is 6.42. The molecule has 7 nitrogen and oxygen atoms in total. The maximum absolute atomic E-state index is 13.2. The number of carbonyl (C=O) groups is 2. The summed E-state index contributed by atoms with van der Waals surface area (Å²) < 4.78 is 1.35. The number of benzene rings is 2. The van der Waals surface area contributed by atoms with Gasteiger partial charge in [-0.3, -0.25) is 19.6 Å². The first-order valence-corrected chi connectivity index (χ1v) is 11.2. The maximum Gasteiger partial charge on any atom is 0.329 e. The summed E-state index contributed by atoms with van der Waals surface area (Å²) >= 11 is 12.1. The second-order valence-electron chi connectivity index (χ2n) is 7.86. The van der Waals surface area contributed by atoms with Crippen LogP contribution in [0.3, 0.4) is 0 Å². The highest BCUT2D eigenvalue weighted by Gasteiger charge is 2.34. The molecular weight excluding hydrogens is 463 g/mol. The molecular formula is C24H22Cl2N4O3. The summed E-state index contributed by atoms with van der Waals surface area (Å²) in [6.07, 6.45) is 2.79. The van der Waals surface area contributed by atoms with Crippen molar-refractivity contribution >= 4 is 41.2 Å². The van der Waals surface area contributed by atoms with Crippen LogP contribution in [0.4, 0.5) is 4.79 Å². The molecule has 2 heterocycles. The molecule has 2 aromatic carbocycles. The number of nitrogens with zero attached hydrogens (tertiary/aromatic N) is 2. The Balaban J connectivity index is 1.69. The number of aromatic amines is 1. The molecule has 1 fully saturated rings. The molecule has 0 aliphatic carbocycles. The van der Waals surface area contributed by atoms with Gasteiger partial charge < -0.3 is 5.32 Å². The lowest BCUT2D eigenvalue weighted by molar-refractivity contribution is -0.123. The van der Waals surface area contributed by atoms with E-state index in [0.717, 1.165) is 22.4 Å². The Morgan fingerprint density at radius 1 is 1.00 bits per heavy atom. The van der Waals surface area contributed by atoms with E-state index >= 15 is 0 Å². The van der Waals surface area contributed by atoms with Gasteiger partial charge in [0.05, 0.1) is 27.8 Å². The van der Waals surface area contributed by atoms with Crippen LogP contribution in [0.15, 0.2) is 53.0 Å². The quantitative estimate of drug-likeness (QED) is 0.388. The van der Waals surface area contributed by atoms with Crippen LogP contribution < -0.4 is 10.9 Å². The lowest BCUT2D eigenvalue weighted by Gasteiger charge is -2.11. The molecule has 1 saturated heterocycles. The average molecular weight is 485 g/mol. The average Bonchev–Trinajstić information content (AvgIpc) is 3.23. The third-order valence-electron chi connectivity index (χ3n) is 5.38. The summed E-state index contributed by atoms with van der Waals surface area (Å²) in [7, 11) is 0. The van der Waals surface area contributed by atoms with Crippen molar-refractivity contribution in [3.8, 4) is 5.69 Å². The number of aromatic nitrogens is 2. The number of rotatable bonds is 6. The summed E-state index contributed by atoms with van der Waals surface area (Å²) in [5.41, 5.74) is 3.10. The first kappa shape index (κ1) is 22.9. The van der Waals surface area contributed by atoms with E-state index in [1.165, 1.54) is 10.8 Å². The summed E-state index contributed by atoms with van der Waals surface area (Å²) in [5, 5.41) is 6.38. The number of H-pyrrole nitrogens is 1. The Morgan fingerprint density at radius 3 is 2.39 bits per heavy atom. The summed E-state index contributed by atoms with van der Waals surface area (Å²) in [6.45, 7) is 4.09. The predicted octanol–water partition coefficient (Wildman–Crippen LogP) is 4.83. The molecule has 0 saturated carbocycles. The van der Waals surface area contributed by atoms with Gasteiger partial charge in [-0.05, 0) is 43.2 Å². The predicted molar refractivity (Wildman–Crippen MR) is 129 cm³/mol. The van der Waals surface area contributed by atoms with Crippen molar-refractivity contribution < 1.29 is 9.59 Å². The first-order valence-electron chi connectivity index (χ1n) is 10.5. The number of carbonyl (C=O) groups excluding carboxylic acids is 2. The van der Waals surface area contributed by atoms with Gasteiger partial charge in [-0.25, -0.2) is 9.48 Å². The monoisotopic (exact) mass is 484 g/mol. The minimum Gasteiger partial charge on any atom is -0.303 e. The van der Waals surface area contributed by atoms with E-state index in [-0.39, 0.29) is 17.8 Å². The van der Waals surface area contributed by atoms with Gasteiger partial charge in [-0.2, -0.15) is 0 Å². The molecule has 1 aliphatic heterocycles. The van der Waals surface area contributed by atoms with Crippen LogP contribution in [-0.2, 0) is 17.8 Å². The number of nitrogens with one attached hydrogen (secondary N) is 2. The highest BCUT2D eigenvalue weighted by atomic mass is 35.5. The number of imide groups is 1. The fourth-order valence-corrected chi connectivity index (χ4v) is 3.92. The fourth-order valence-electron chi connectivity index (χ4n) is 3.63. The molecule has 3 amide bonds. The van der Waals surface area contributed by atoms with Gasteiger partial charge in [0.2, 0.25) is 0 Å². The Hall–Kier alpha value is -3.29. The number of hydrogen-bond donors (Lipinski definition) is 2. The molecule has 3 aromatic rings. The Bertz CT molecular complexity index is 1320. The number of hydrogen-bond acceptors (Lipinski definition) is 3. The molecule has 4 rings (SSSR count). The third-order valence-corrected chi connectivity index (χ3v) is 6.12. The van der Waals surface area contributed by atoms with Gasteiger partial charge in [-0.1, -0.05) is 66.4 Å². The van der Waals surface area contributed by atoms with Crippen molar-refractivity contribution in [2.24, 2.45) is 0 Å². The molecule has 0 bridgehead atoms. The van der Waals surface area contributed by atoms with Crippen LogP contribution in [0.5, 0.6) is 0 Å². The number of aryl methyl sites for hydroxylation is 2. The maximum atomic E-state index is 13.2. The Kier molecular flexibility index (Phi) is 6.44.